The third-order valence-corrected chi connectivity index (χ3v) is 6.57. The van der Waals surface area contributed by atoms with Crippen molar-refractivity contribution in [1.29, 1.82) is 0 Å². The van der Waals surface area contributed by atoms with Crippen molar-refractivity contribution in [3.8, 4) is 0 Å². The summed E-state index contributed by atoms with van der Waals surface area (Å²) < 4.78 is 0. The van der Waals surface area contributed by atoms with Gasteiger partial charge in [-0.3, -0.25) is 14.7 Å². The van der Waals surface area contributed by atoms with Crippen molar-refractivity contribution >= 4 is 5.91 Å². The Balaban J connectivity index is 1.43. The third kappa shape index (κ3) is 3.59. The van der Waals surface area contributed by atoms with E-state index in [0.717, 1.165) is 30.7 Å². The first kappa shape index (κ1) is 17.0. The second kappa shape index (κ2) is 7.45. The summed E-state index contributed by atoms with van der Waals surface area (Å²) in [7, 11) is 0. The van der Waals surface area contributed by atoms with Crippen molar-refractivity contribution in [1.82, 2.24) is 14.8 Å². The lowest BCUT2D eigenvalue weighted by atomic mass is 9.74. The molecule has 3 aliphatic rings. The number of nitrogens with zero attached hydrogens (tertiary/aromatic N) is 3. The van der Waals surface area contributed by atoms with Crippen LogP contribution in [0.4, 0.5) is 0 Å². The Morgan fingerprint density at radius 3 is 3.00 bits per heavy atom. The second-order valence-corrected chi connectivity index (χ2v) is 8.34. The van der Waals surface area contributed by atoms with Crippen molar-refractivity contribution in [2.24, 2.45) is 11.8 Å². The molecule has 3 fully saturated rings. The van der Waals surface area contributed by atoms with Crippen LogP contribution < -0.4 is 0 Å². The number of aromatic nitrogens is 1. The molecule has 4 atom stereocenters. The second-order valence-electron chi connectivity index (χ2n) is 8.34. The topological polar surface area (TPSA) is 36.4 Å². The van der Waals surface area contributed by atoms with Crippen LogP contribution in [0, 0.1) is 11.8 Å². The molecular weight excluding hydrogens is 310 g/mol. The molecule has 25 heavy (non-hydrogen) atoms. The molecule has 0 aliphatic carbocycles. The van der Waals surface area contributed by atoms with Crippen molar-refractivity contribution in [2.75, 3.05) is 19.6 Å². The summed E-state index contributed by atoms with van der Waals surface area (Å²) >= 11 is 0. The van der Waals surface area contributed by atoms with Gasteiger partial charge in [-0.15, -0.1) is 0 Å². The molecule has 0 unspecified atom stereocenters. The van der Waals surface area contributed by atoms with Gasteiger partial charge in [-0.2, -0.15) is 0 Å². The van der Waals surface area contributed by atoms with Gasteiger partial charge in [0.2, 0.25) is 5.91 Å². The van der Waals surface area contributed by atoms with Crippen molar-refractivity contribution in [3.63, 3.8) is 0 Å². The van der Waals surface area contributed by atoms with Crippen LogP contribution in [-0.4, -0.2) is 52.4 Å². The van der Waals surface area contributed by atoms with Gasteiger partial charge < -0.3 is 4.90 Å². The van der Waals surface area contributed by atoms with Crippen LogP contribution in [0.15, 0.2) is 24.5 Å². The van der Waals surface area contributed by atoms with Gasteiger partial charge in [-0.05, 0) is 49.1 Å². The molecule has 4 rings (SSSR count). The maximum absolute atomic E-state index is 12.8. The van der Waals surface area contributed by atoms with E-state index in [4.69, 9.17) is 0 Å². The number of carbonyl (C=O) groups excluding carboxylic acids is 1. The van der Waals surface area contributed by atoms with Crippen molar-refractivity contribution < 1.29 is 4.79 Å². The minimum Gasteiger partial charge on any atom is -0.342 e. The minimum absolute atomic E-state index is 0.289. The lowest BCUT2D eigenvalue weighted by Crippen LogP contribution is -2.62. The molecule has 0 spiro atoms. The summed E-state index contributed by atoms with van der Waals surface area (Å²) in [6.45, 7) is 5.45. The molecule has 0 saturated carbocycles. The normalized spacial score (nSPS) is 32.3. The van der Waals surface area contributed by atoms with E-state index >= 15 is 0 Å². The van der Waals surface area contributed by atoms with Crippen LogP contribution in [-0.2, 0) is 11.2 Å². The number of fused-ring (bicyclic) bond motifs is 4. The number of hydrogen-bond acceptors (Lipinski definition) is 3. The van der Waals surface area contributed by atoms with Crippen molar-refractivity contribution in [2.45, 2.75) is 64.0 Å². The fourth-order valence-electron chi connectivity index (χ4n) is 5.55. The number of amides is 1. The molecule has 1 aromatic rings. The van der Waals surface area contributed by atoms with E-state index in [9.17, 15) is 4.79 Å². The summed E-state index contributed by atoms with van der Waals surface area (Å²) in [5.41, 5.74) is 1.03. The Morgan fingerprint density at radius 2 is 2.20 bits per heavy atom. The molecular formula is C21H31N3O. The molecule has 136 valence electrons. The predicted molar refractivity (Wildman–Crippen MR) is 99.2 cm³/mol. The number of hydrogen-bond donors (Lipinski definition) is 0. The monoisotopic (exact) mass is 341 g/mol. The van der Waals surface area contributed by atoms with Crippen LogP contribution in [0.5, 0.6) is 0 Å². The minimum atomic E-state index is 0.289. The first-order valence-corrected chi connectivity index (χ1v) is 10.2. The van der Waals surface area contributed by atoms with E-state index in [1.807, 2.05) is 18.3 Å². The molecule has 4 nitrogen and oxygen atoms in total. The number of rotatable bonds is 4. The SMILES string of the molecule is CCC[C@H]1CCC[C@H]2[C@@H]3C[C@@H](CN(C(=O)Cc4cccnc4)C3)CN12. The Kier molecular flexibility index (Phi) is 5.07. The molecule has 0 radical (unpaired) electrons. The van der Waals surface area contributed by atoms with Crippen LogP contribution in [0.2, 0.25) is 0 Å². The molecule has 0 aromatic carbocycles. The number of carbonyl (C=O) groups is 1. The molecule has 3 aliphatic heterocycles. The Morgan fingerprint density at radius 1 is 1.28 bits per heavy atom. The standard InChI is InChI=1S/C21H31N3O/c1-2-5-19-7-3-8-20-18-10-17(14-24(19)20)13-23(15-18)21(25)11-16-6-4-9-22-12-16/h4,6,9,12,17-20H,2-3,5,7-8,10-11,13-15H2,1H3/t17-,18+,19-,20-/m0/s1. The smallest absolute Gasteiger partial charge is 0.227 e. The molecule has 0 N–H and O–H groups in total. The Hall–Kier alpha value is -1.42. The molecule has 2 bridgehead atoms. The average Bonchev–Trinajstić information content (AvgIpc) is 2.63. The van der Waals surface area contributed by atoms with E-state index in [-0.39, 0.29) is 5.91 Å². The molecule has 1 amide bonds. The summed E-state index contributed by atoms with van der Waals surface area (Å²) in [6.07, 6.45) is 12.1. The lowest BCUT2D eigenvalue weighted by Gasteiger charge is -2.55. The lowest BCUT2D eigenvalue weighted by molar-refractivity contribution is -0.138. The highest BCUT2D eigenvalue weighted by molar-refractivity contribution is 5.78. The first-order chi connectivity index (χ1) is 12.2. The van der Waals surface area contributed by atoms with E-state index in [0.29, 0.717) is 18.3 Å². The van der Waals surface area contributed by atoms with Gasteiger partial charge >= 0.3 is 0 Å². The highest BCUT2D eigenvalue weighted by Crippen LogP contribution is 2.40. The Bertz CT molecular complexity index is 588. The highest BCUT2D eigenvalue weighted by Gasteiger charge is 2.44. The Labute approximate surface area is 151 Å². The zero-order chi connectivity index (χ0) is 17.2. The molecule has 4 heterocycles. The van der Waals surface area contributed by atoms with Gasteiger partial charge in [-0.1, -0.05) is 25.8 Å². The van der Waals surface area contributed by atoms with Gasteiger partial charge in [0.25, 0.3) is 0 Å². The fourth-order valence-corrected chi connectivity index (χ4v) is 5.55. The summed E-state index contributed by atoms with van der Waals surface area (Å²) in [5.74, 6) is 1.65. The van der Waals surface area contributed by atoms with E-state index in [1.54, 1.807) is 6.20 Å². The van der Waals surface area contributed by atoms with Crippen LogP contribution in [0.1, 0.15) is 51.0 Å². The largest absolute Gasteiger partial charge is 0.342 e. The molecule has 4 heteroatoms. The predicted octanol–water partition coefficient (Wildman–Crippen LogP) is 3.13. The number of likely N-dealkylation sites (tertiary alicyclic amines) is 1. The van der Waals surface area contributed by atoms with Gasteiger partial charge in [0.05, 0.1) is 6.42 Å². The number of pyridine rings is 1. The van der Waals surface area contributed by atoms with Gasteiger partial charge in [0, 0.05) is 44.1 Å². The van der Waals surface area contributed by atoms with Gasteiger partial charge in [0.1, 0.15) is 0 Å². The van der Waals surface area contributed by atoms with E-state index in [2.05, 4.69) is 21.7 Å². The third-order valence-electron chi connectivity index (χ3n) is 6.57. The first-order valence-electron chi connectivity index (χ1n) is 10.2. The maximum Gasteiger partial charge on any atom is 0.227 e. The zero-order valence-electron chi connectivity index (χ0n) is 15.4. The van der Waals surface area contributed by atoms with Gasteiger partial charge in [0.15, 0.2) is 0 Å². The highest BCUT2D eigenvalue weighted by atomic mass is 16.2. The van der Waals surface area contributed by atoms with Crippen LogP contribution in [0.3, 0.4) is 0 Å². The zero-order valence-corrected chi connectivity index (χ0v) is 15.4. The van der Waals surface area contributed by atoms with Crippen LogP contribution in [0.25, 0.3) is 0 Å². The number of piperidine rings is 3. The maximum atomic E-state index is 12.8. The average molecular weight is 341 g/mol. The summed E-state index contributed by atoms with van der Waals surface area (Å²) in [6, 6.07) is 5.44. The van der Waals surface area contributed by atoms with E-state index < -0.39 is 0 Å². The van der Waals surface area contributed by atoms with Gasteiger partial charge in [-0.25, -0.2) is 0 Å². The molecule has 3 saturated heterocycles. The fraction of sp³-hybridized carbons (Fsp3) is 0.714. The summed E-state index contributed by atoms with van der Waals surface area (Å²) in [5, 5.41) is 0. The van der Waals surface area contributed by atoms with E-state index in [1.165, 1.54) is 45.1 Å². The van der Waals surface area contributed by atoms with Crippen LogP contribution >= 0.6 is 0 Å². The molecule has 1 aromatic heterocycles. The van der Waals surface area contributed by atoms with Crippen molar-refractivity contribution in [3.05, 3.63) is 30.1 Å². The quantitative estimate of drug-likeness (QED) is 0.844. The summed E-state index contributed by atoms with van der Waals surface area (Å²) in [4.78, 5) is 22.0.